The van der Waals surface area contributed by atoms with Crippen LogP contribution in [0.3, 0.4) is 0 Å². The summed E-state index contributed by atoms with van der Waals surface area (Å²) in [6.07, 6.45) is 0. The van der Waals surface area contributed by atoms with Gasteiger partial charge in [0.2, 0.25) is 5.96 Å². The zero-order valence-electron chi connectivity index (χ0n) is 19.4. The van der Waals surface area contributed by atoms with Crippen LogP contribution >= 0.6 is 11.6 Å². The number of hydrogen-bond acceptors (Lipinski definition) is 4. The molecule has 0 radical (unpaired) electrons. The summed E-state index contributed by atoms with van der Waals surface area (Å²) < 4.78 is 5.40. The van der Waals surface area contributed by atoms with Crippen molar-refractivity contribution in [2.24, 2.45) is 4.99 Å². The van der Waals surface area contributed by atoms with Gasteiger partial charge >= 0.3 is 0 Å². The molecule has 6 nitrogen and oxygen atoms in total. The molecular formula is C25H33ClN4O2. The molecule has 1 fully saturated rings. The zero-order valence-corrected chi connectivity index (χ0v) is 20.1. The third kappa shape index (κ3) is 6.79. The van der Waals surface area contributed by atoms with E-state index >= 15 is 0 Å². The van der Waals surface area contributed by atoms with Crippen LogP contribution in [0.2, 0.25) is 5.02 Å². The summed E-state index contributed by atoms with van der Waals surface area (Å²) >= 11 is 6.27. The number of amides is 1. The topological polar surface area (TPSA) is 66.0 Å². The minimum absolute atomic E-state index is 0.0345. The number of benzene rings is 2. The average Bonchev–Trinajstić information content (AvgIpc) is 2.77. The van der Waals surface area contributed by atoms with Crippen LogP contribution in [-0.4, -0.2) is 56.2 Å². The molecule has 1 heterocycles. The number of nitrogens with one attached hydrogen (secondary N) is 2. The Labute approximate surface area is 196 Å². The first-order valence-corrected chi connectivity index (χ1v) is 11.4. The molecule has 1 aliphatic rings. The summed E-state index contributed by atoms with van der Waals surface area (Å²) in [7, 11) is 0. The molecular weight excluding hydrogens is 424 g/mol. The molecule has 32 heavy (non-hydrogen) atoms. The van der Waals surface area contributed by atoms with Gasteiger partial charge in [-0.15, -0.1) is 0 Å². The standard InChI is InChI=1S/C25H33ClN4O2/c1-18-21(26)6-5-7-22(18)28-24(27-12-13-30-14-16-32-17-15-30)29-23(31)19-8-10-20(11-9-19)25(2,3)4/h5-11H,12-17H2,1-4H3,(H2,27,28,29,31). The second-order valence-corrected chi connectivity index (χ2v) is 9.41. The first kappa shape index (κ1) is 24.2. The number of guanidine groups is 1. The Kier molecular flexibility index (Phi) is 8.29. The van der Waals surface area contributed by atoms with Crippen molar-refractivity contribution in [2.75, 3.05) is 44.7 Å². The van der Waals surface area contributed by atoms with Crippen LogP contribution in [0, 0.1) is 6.92 Å². The number of halogens is 1. The molecule has 7 heteroatoms. The fourth-order valence-corrected chi connectivity index (χ4v) is 3.58. The van der Waals surface area contributed by atoms with Gasteiger partial charge in [-0.3, -0.25) is 20.0 Å². The Bertz CT molecular complexity index is 945. The molecule has 2 N–H and O–H groups in total. The number of aliphatic imine (C=N–C) groups is 1. The summed E-state index contributed by atoms with van der Waals surface area (Å²) in [5.41, 5.74) is 3.52. The quantitative estimate of drug-likeness (QED) is 0.514. The van der Waals surface area contributed by atoms with Gasteiger partial charge in [0.15, 0.2) is 0 Å². The maximum atomic E-state index is 12.9. The van der Waals surface area contributed by atoms with E-state index < -0.39 is 0 Å². The first-order valence-electron chi connectivity index (χ1n) is 11.0. The lowest BCUT2D eigenvalue weighted by Gasteiger charge is -2.25. The molecule has 1 amide bonds. The van der Waals surface area contributed by atoms with Gasteiger partial charge in [-0.25, -0.2) is 0 Å². The second kappa shape index (κ2) is 10.9. The number of carbonyl (C=O) groups is 1. The summed E-state index contributed by atoms with van der Waals surface area (Å²) in [4.78, 5) is 19.9. The Balaban J connectivity index is 1.73. The SMILES string of the molecule is Cc1c(Cl)cccc1NC(=NCCN1CCOCC1)NC(=O)c1ccc(C(C)(C)C)cc1. The molecule has 0 spiro atoms. The van der Waals surface area contributed by atoms with Crippen molar-refractivity contribution in [3.05, 3.63) is 64.2 Å². The summed E-state index contributed by atoms with van der Waals surface area (Å²) in [6, 6.07) is 13.3. The van der Waals surface area contributed by atoms with Crippen LogP contribution in [0.25, 0.3) is 0 Å². The van der Waals surface area contributed by atoms with Crippen LogP contribution < -0.4 is 10.6 Å². The Morgan fingerprint density at radius 2 is 1.81 bits per heavy atom. The van der Waals surface area contributed by atoms with E-state index in [4.69, 9.17) is 16.3 Å². The zero-order chi connectivity index (χ0) is 23.1. The van der Waals surface area contributed by atoms with Gasteiger partial charge in [-0.05, 0) is 47.7 Å². The average molecular weight is 457 g/mol. The van der Waals surface area contributed by atoms with E-state index in [1.165, 1.54) is 5.56 Å². The van der Waals surface area contributed by atoms with Crippen molar-refractivity contribution in [1.82, 2.24) is 10.2 Å². The normalized spacial score (nSPS) is 15.5. The highest BCUT2D eigenvalue weighted by Gasteiger charge is 2.16. The third-order valence-corrected chi connectivity index (χ3v) is 5.97. The number of rotatable bonds is 5. The van der Waals surface area contributed by atoms with Crippen LogP contribution in [-0.2, 0) is 10.2 Å². The first-order chi connectivity index (χ1) is 15.2. The van der Waals surface area contributed by atoms with Gasteiger partial charge in [0, 0.05) is 35.9 Å². The molecule has 172 valence electrons. The largest absolute Gasteiger partial charge is 0.379 e. The van der Waals surface area contributed by atoms with Crippen LogP contribution in [0.4, 0.5) is 5.69 Å². The molecule has 0 atom stereocenters. The smallest absolute Gasteiger partial charge is 0.257 e. The number of anilines is 1. The highest BCUT2D eigenvalue weighted by molar-refractivity contribution is 6.31. The molecule has 0 bridgehead atoms. The van der Waals surface area contributed by atoms with Crippen molar-refractivity contribution in [3.63, 3.8) is 0 Å². The maximum Gasteiger partial charge on any atom is 0.257 e. The molecule has 2 aromatic rings. The molecule has 3 rings (SSSR count). The molecule has 2 aromatic carbocycles. The van der Waals surface area contributed by atoms with E-state index in [-0.39, 0.29) is 11.3 Å². The molecule has 0 unspecified atom stereocenters. The Morgan fingerprint density at radius 3 is 2.47 bits per heavy atom. The van der Waals surface area contributed by atoms with Gasteiger partial charge < -0.3 is 10.1 Å². The monoisotopic (exact) mass is 456 g/mol. The second-order valence-electron chi connectivity index (χ2n) is 9.00. The number of nitrogens with zero attached hydrogens (tertiary/aromatic N) is 2. The third-order valence-electron chi connectivity index (χ3n) is 5.56. The van der Waals surface area contributed by atoms with E-state index in [1.807, 2.05) is 49.4 Å². The highest BCUT2D eigenvalue weighted by Crippen LogP contribution is 2.23. The minimum atomic E-state index is -0.206. The van der Waals surface area contributed by atoms with Crippen LogP contribution in [0.5, 0.6) is 0 Å². The number of ether oxygens (including phenoxy) is 1. The van der Waals surface area contributed by atoms with Crippen molar-refractivity contribution in [1.29, 1.82) is 0 Å². The van der Waals surface area contributed by atoms with Crippen LogP contribution in [0.1, 0.15) is 42.3 Å². The lowest BCUT2D eigenvalue weighted by molar-refractivity contribution is 0.0394. The van der Waals surface area contributed by atoms with Crippen molar-refractivity contribution < 1.29 is 9.53 Å². The van der Waals surface area contributed by atoms with E-state index in [1.54, 1.807) is 0 Å². The predicted molar refractivity (Wildman–Crippen MR) is 132 cm³/mol. The molecule has 0 saturated carbocycles. The fraction of sp³-hybridized carbons (Fsp3) is 0.440. The highest BCUT2D eigenvalue weighted by atomic mass is 35.5. The lowest BCUT2D eigenvalue weighted by Crippen LogP contribution is -2.39. The molecule has 0 aliphatic carbocycles. The molecule has 0 aromatic heterocycles. The summed E-state index contributed by atoms with van der Waals surface area (Å²) in [5.74, 6) is 0.205. The number of morpholine rings is 1. The maximum absolute atomic E-state index is 12.9. The summed E-state index contributed by atoms with van der Waals surface area (Å²) in [5, 5.41) is 6.85. The minimum Gasteiger partial charge on any atom is -0.379 e. The lowest BCUT2D eigenvalue weighted by atomic mass is 9.87. The van der Waals surface area contributed by atoms with E-state index in [0.29, 0.717) is 23.1 Å². The fourth-order valence-electron chi connectivity index (χ4n) is 3.41. The van der Waals surface area contributed by atoms with E-state index in [2.05, 4.69) is 41.3 Å². The van der Waals surface area contributed by atoms with E-state index in [0.717, 1.165) is 44.1 Å². The Morgan fingerprint density at radius 1 is 1.12 bits per heavy atom. The van der Waals surface area contributed by atoms with Crippen LogP contribution in [0.15, 0.2) is 47.5 Å². The summed E-state index contributed by atoms with van der Waals surface area (Å²) in [6.45, 7) is 13.1. The van der Waals surface area contributed by atoms with Gasteiger partial charge in [0.1, 0.15) is 0 Å². The number of hydrogen-bond donors (Lipinski definition) is 2. The van der Waals surface area contributed by atoms with Gasteiger partial charge in [-0.1, -0.05) is 50.6 Å². The Hall–Kier alpha value is -2.41. The van der Waals surface area contributed by atoms with Crippen molar-refractivity contribution >= 4 is 29.2 Å². The number of carbonyl (C=O) groups excluding carboxylic acids is 1. The van der Waals surface area contributed by atoms with Crippen molar-refractivity contribution in [2.45, 2.75) is 33.1 Å². The van der Waals surface area contributed by atoms with Gasteiger partial charge in [-0.2, -0.15) is 0 Å². The van der Waals surface area contributed by atoms with Gasteiger partial charge in [0.05, 0.1) is 19.8 Å². The van der Waals surface area contributed by atoms with E-state index in [9.17, 15) is 4.79 Å². The molecule has 1 saturated heterocycles. The molecule has 1 aliphatic heterocycles. The predicted octanol–water partition coefficient (Wildman–Crippen LogP) is 4.48. The van der Waals surface area contributed by atoms with Gasteiger partial charge in [0.25, 0.3) is 5.91 Å². The van der Waals surface area contributed by atoms with Crippen molar-refractivity contribution in [3.8, 4) is 0 Å².